The van der Waals surface area contributed by atoms with E-state index in [0.717, 1.165) is 0 Å². The maximum absolute atomic E-state index is 11.4. The van der Waals surface area contributed by atoms with Crippen molar-refractivity contribution in [2.75, 3.05) is 19.8 Å². The molecular formula is C12H12ClN3O2S. The van der Waals surface area contributed by atoms with Gasteiger partial charge in [0.15, 0.2) is 0 Å². The van der Waals surface area contributed by atoms with E-state index in [2.05, 4.69) is 10.2 Å². The molecule has 19 heavy (non-hydrogen) atoms. The highest BCUT2D eigenvalue weighted by molar-refractivity contribution is 7.99. The van der Waals surface area contributed by atoms with E-state index in [1.807, 2.05) is 12.1 Å². The summed E-state index contributed by atoms with van der Waals surface area (Å²) in [7, 11) is 3.40. The Morgan fingerprint density at radius 2 is 2.11 bits per heavy atom. The van der Waals surface area contributed by atoms with E-state index in [0.29, 0.717) is 21.7 Å². The molecule has 0 N–H and O–H groups in total. The van der Waals surface area contributed by atoms with Crippen LogP contribution in [0.25, 0.3) is 11.5 Å². The molecule has 5 nitrogen and oxygen atoms in total. The van der Waals surface area contributed by atoms with Gasteiger partial charge in [-0.15, -0.1) is 10.2 Å². The van der Waals surface area contributed by atoms with E-state index in [1.165, 1.54) is 16.7 Å². The summed E-state index contributed by atoms with van der Waals surface area (Å²) in [5.41, 5.74) is 0.683. The minimum atomic E-state index is -0.0116. The highest BCUT2D eigenvalue weighted by Crippen LogP contribution is 2.28. The number of thioether (sulfide) groups is 1. The van der Waals surface area contributed by atoms with Gasteiger partial charge in [-0.2, -0.15) is 0 Å². The number of benzene rings is 1. The van der Waals surface area contributed by atoms with Crippen LogP contribution in [0.4, 0.5) is 0 Å². The van der Waals surface area contributed by atoms with Crippen molar-refractivity contribution in [3.05, 3.63) is 29.3 Å². The minimum Gasteiger partial charge on any atom is -0.411 e. The first-order chi connectivity index (χ1) is 9.08. The number of amides is 1. The minimum absolute atomic E-state index is 0.0116. The second-order valence-corrected chi connectivity index (χ2v) is 5.26. The average Bonchev–Trinajstić information content (AvgIpc) is 2.85. The summed E-state index contributed by atoms with van der Waals surface area (Å²) in [6.45, 7) is 0. The third kappa shape index (κ3) is 3.48. The van der Waals surface area contributed by atoms with Gasteiger partial charge in [-0.05, 0) is 12.1 Å². The second-order valence-electron chi connectivity index (χ2n) is 3.93. The molecule has 0 unspecified atom stereocenters. The van der Waals surface area contributed by atoms with Crippen LogP contribution in [0.2, 0.25) is 5.02 Å². The van der Waals surface area contributed by atoms with E-state index < -0.39 is 0 Å². The van der Waals surface area contributed by atoms with Crippen LogP contribution in [-0.2, 0) is 4.79 Å². The van der Waals surface area contributed by atoms with Gasteiger partial charge in [0.1, 0.15) is 0 Å². The van der Waals surface area contributed by atoms with Crippen molar-refractivity contribution < 1.29 is 9.21 Å². The quantitative estimate of drug-likeness (QED) is 0.812. The van der Waals surface area contributed by atoms with Gasteiger partial charge in [-0.1, -0.05) is 35.5 Å². The van der Waals surface area contributed by atoms with Gasteiger partial charge in [0.2, 0.25) is 11.8 Å². The Morgan fingerprint density at radius 1 is 1.37 bits per heavy atom. The molecule has 0 aliphatic heterocycles. The molecule has 0 aliphatic carbocycles. The van der Waals surface area contributed by atoms with E-state index in [4.69, 9.17) is 16.0 Å². The Labute approximate surface area is 119 Å². The molecule has 100 valence electrons. The summed E-state index contributed by atoms with van der Waals surface area (Å²) in [4.78, 5) is 13.0. The van der Waals surface area contributed by atoms with Crippen molar-refractivity contribution in [2.45, 2.75) is 5.22 Å². The third-order valence-corrected chi connectivity index (χ3v) is 3.46. The van der Waals surface area contributed by atoms with Crippen LogP contribution in [0.1, 0.15) is 0 Å². The van der Waals surface area contributed by atoms with Crippen molar-refractivity contribution in [1.82, 2.24) is 15.1 Å². The number of hydrogen-bond acceptors (Lipinski definition) is 5. The lowest BCUT2D eigenvalue weighted by Gasteiger charge is -2.07. The summed E-state index contributed by atoms with van der Waals surface area (Å²) in [6, 6.07) is 7.22. The second kappa shape index (κ2) is 6.08. The lowest BCUT2D eigenvalue weighted by atomic mass is 10.2. The number of rotatable bonds is 4. The number of aromatic nitrogens is 2. The molecule has 1 amide bonds. The van der Waals surface area contributed by atoms with Gasteiger partial charge in [-0.3, -0.25) is 4.79 Å². The molecule has 0 bridgehead atoms. The van der Waals surface area contributed by atoms with Gasteiger partial charge in [0, 0.05) is 14.1 Å². The molecule has 2 rings (SSSR count). The Balaban J connectivity index is 2.08. The van der Waals surface area contributed by atoms with Gasteiger partial charge < -0.3 is 9.32 Å². The standard InChI is InChI=1S/C12H12ClN3O2S/c1-16(2)10(17)7-19-12-15-14-11(18-12)8-5-3-4-6-9(8)13/h3-6H,7H2,1-2H3. The van der Waals surface area contributed by atoms with E-state index >= 15 is 0 Å². The normalized spacial score (nSPS) is 10.5. The van der Waals surface area contributed by atoms with Crippen LogP contribution < -0.4 is 0 Å². The molecule has 0 saturated carbocycles. The molecule has 0 atom stereocenters. The molecule has 7 heteroatoms. The van der Waals surface area contributed by atoms with Crippen molar-refractivity contribution >= 4 is 29.3 Å². The van der Waals surface area contributed by atoms with Gasteiger partial charge in [0.05, 0.1) is 16.3 Å². The van der Waals surface area contributed by atoms with E-state index in [1.54, 1.807) is 26.2 Å². The van der Waals surface area contributed by atoms with E-state index in [9.17, 15) is 4.79 Å². The van der Waals surface area contributed by atoms with E-state index in [-0.39, 0.29) is 11.7 Å². The molecule has 0 saturated heterocycles. The summed E-state index contributed by atoms with van der Waals surface area (Å²) in [6.07, 6.45) is 0. The highest BCUT2D eigenvalue weighted by Gasteiger charge is 2.13. The predicted octanol–water partition coefficient (Wildman–Crippen LogP) is 2.57. The number of carbonyl (C=O) groups is 1. The van der Waals surface area contributed by atoms with Crippen molar-refractivity contribution in [2.24, 2.45) is 0 Å². The number of carbonyl (C=O) groups excluding carboxylic acids is 1. The van der Waals surface area contributed by atoms with Crippen molar-refractivity contribution in [1.29, 1.82) is 0 Å². The molecule has 0 fully saturated rings. The largest absolute Gasteiger partial charge is 0.411 e. The van der Waals surface area contributed by atoms with Crippen LogP contribution in [0.5, 0.6) is 0 Å². The van der Waals surface area contributed by atoms with Gasteiger partial charge >= 0.3 is 0 Å². The lowest BCUT2D eigenvalue weighted by molar-refractivity contribution is -0.125. The molecule has 0 spiro atoms. The van der Waals surface area contributed by atoms with Crippen LogP contribution in [0.15, 0.2) is 33.9 Å². The monoisotopic (exact) mass is 297 g/mol. The first-order valence-electron chi connectivity index (χ1n) is 5.49. The SMILES string of the molecule is CN(C)C(=O)CSc1nnc(-c2ccccc2Cl)o1. The van der Waals surface area contributed by atoms with Gasteiger partial charge in [0.25, 0.3) is 5.22 Å². The van der Waals surface area contributed by atoms with Crippen LogP contribution in [-0.4, -0.2) is 40.9 Å². The van der Waals surface area contributed by atoms with Crippen LogP contribution in [0.3, 0.4) is 0 Å². The fourth-order valence-electron chi connectivity index (χ4n) is 1.26. The summed E-state index contributed by atoms with van der Waals surface area (Å²) in [5.74, 6) is 0.602. The van der Waals surface area contributed by atoms with Crippen molar-refractivity contribution in [3.63, 3.8) is 0 Å². The first kappa shape index (κ1) is 13.9. The summed E-state index contributed by atoms with van der Waals surface area (Å²) in [5, 5.41) is 8.71. The molecule has 0 aliphatic rings. The maximum atomic E-state index is 11.4. The molecule has 1 aromatic heterocycles. The maximum Gasteiger partial charge on any atom is 0.277 e. The Hall–Kier alpha value is -1.53. The predicted molar refractivity (Wildman–Crippen MR) is 74.2 cm³/mol. The molecule has 0 radical (unpaired) electrons. The zero-order chi connectivity index (χ0) is 13.8. The fourth-order valence-corrected chi connectivity index (χ4v) is 2.22. The van der Waals surface area contributed by atoms with Crippen LogP contribution in [0, 0.1) is 0 Å². The smallest absolute Gasteiger partial charge is 0.277 e. The Kier molecular flexibility index (Phi) is 4.44. The number of hydrogen-bond donors (Lipinski definition) is 0. The number of halogens is 1. The average molecular weight is 298 g/mol. The Bertz CT molecular complexity index is 586. The molecule has 1 aromatic carbocycles. The first-order valence-corrected chi connectivity index (χ1v) is 6.85. The molecule has 1 heterocycles. The Morgan fingerprint density at radius 3 is 2.79 bits per heavy atom. The van der Waals surface area contributed by atoms with Crippen LogP contribution >= 0.6 is 23.4 Å². The topological polar surface area (TPSA) is 59.2 Å². The summed E-state index contributed by atoms with van der Waals surface area (Å²) < 4.78 is 5.47. The molecular weight excluding hydrogens is 286 g/mol. The van der Waals surface area contributed by atoms with Gasteiger partial charge in [-0.25, -0.2) is 0 Å². The lowest BCUT2D eigenvalue weighted by Crippen LogP contribution is -2.23. The fraction of sp³-hybridized carbons (Fsp3) is 0.250. The number of nitrogens with zero attached hydrogens (tertiary/aromatic N) is 3. The zero-order valence-corrected chi connectivity index (χ0v) is 12.0. The zero-order valence-electron chi connectivity index (χ0n) is 10.5. The summed E-state index contributed by atoms with van der Waals surface area (Å²) >= 11 is 7.25. The highest BCUT2D eigenvalue weighted by atomic mass is 35.5. The third-order valence-electron chi connectivity index (χ3n) is 2.33. The molecule has 2 aromatic rings. The van der Waals surface area contributed by atoms with Crippen molar-refractivity contribution in [3.8, 4) is 11.5 Å².